The maximum absolute atomic E-state index is 12.5. The largest absolute Gasteiger partial charge is 0.497 e. The van der Waals surface area contributed by atoms with Crippen LogP contribution >= 0.6 is 0 Å². The number of esters is 1. The number of carbonyl (C=O) groups excluding carboxylic acids is 1. The third-order valence-electron chi connectivity index (χ3n) is 5.22. The number of hydrogen-bond acceptors (Lipinski definition) is 4. The van der Waals surface area contributed by atoms with E-state index in [2.05, 4.69) is 35.7 Å². The van der Waals surface area contributed by atoms with Gasteiger partial charge in [-0.05, 0) is 42.7 Å². The molecule has 146 valence electrons. The number of rotatable bonds is 7. The molecular formula is C24H27NO3. The number of nitrogens with zero attached hydrogens (tertiary/aromatic N) is 1. The maximum Gasteiger partial charge on any atom is 0.335 e. The van der Waals surface area contributed by atoms with Gasteiger partial charge in [0.1, 0.15) is 5.75 Å². The average molecular weight is 377 g/mol. The van der Waals surface area contributed by atoms with E-state index < -0.39 is 0 Å². The summed E-state index contributed by atoms with van der Waals surface area (Å²) in [6, 6.07) is 18.2. The van der Waals surface area contributed by atoms with Gasteiger partial charge in [-0.1, -0.05) is 49.0 Å². The van der Waals surface area contributed by atoms with Gasteiger partial charge in [-0.15, -0.1) is 0 Å². The minimum Gasteiger partial charge on any atom is -0.497 e. The van der Waals surface area contributed by atoms with Gasteiger partial charge in [-0.2, -0.15) is 0 Å². The second kappa shape index (κ2) is 8.79. The van der Waals surface area contributed by atoms with Crippen LogP contribution in [0.3, 0.4) is 0 Å². The summed E-state index contributed by atoms with van der Waals surface area (Å²) in [5.41, 5.74) is 4.93. The molecule has 0 fully saturated rings. The molecule has 0 saturated heterocycles. The van der Waals surface area contributed by atoms with Gasteiger partial charge in [0.2, 0.25) is 0 Å². The standard InChI is InChI=1S/C24H27NO3/c1-5-28-24(26)22-15-23(17(2)20-9-7-6-8-10-20)25(18(22)3)16-19-11-13-21(27-4)14-12-19/h6-14,23H,2,5,15-16H2,1,3-4H3. The zero-order valence-corrected chi connectivity index (χ0v) is 16.8. The monoisotopic (exact) mass is 377 g/mol. The molecule has 0 N–H and O–H groups in total. The Morgan fingerprint density at radius 1 is 1.14 bits per heavy atom. The molecule has 0 aromatic heterocycles. The topological polar surface area (TPSA) is 38.8 Å². The first kappa shape index (κ1) is 19.7. The molecule has 4 nitrogen and oxygen atoms in total. The van der Waals surface area contributed by atoms with Crippen LogP contribution in [0.5, 0.6) is 5.75 Å². The third-order valence-corrected chi connectivity index (χ3v) is 5.22. The van der Waals surface area contributed by atoms with Gasteiger partial charge in [0, 0.05) is 18.7 Å². The van der Waals surface area contributed by atoms with Crippen LogP contribution in [0.2, 0.25) is 0 Å². The van der Waals surface area contributed by atoms with Crippen molar-refractivity contribution in [3.05, 3.63) is 83.6 Å². The van der Waals surface area contributed by atoms with E-state index >= 15 is 0 Å². The lowest BCUT2D eigenvalue weighted by atomic mass is 9.96. The van der Waals surface area contributed by atoms with E-state index in [1.54, 1.807) is 7.11 Å². The van der Waals surface area contributed by atoms with Crippen molar-refractivity contribution in [1.82, 2.24) is 4.90 Å². The molecule has 1 aliphatic rings. The first-order chi connectivity index (χ1) is 13.5. The van der Waals surface area contributed by atoms with E-state index in [-0.39, 0.29) is 12.0 Å². The Labute approximate surface area is 167 Å². The Hall–Kier alpha value is -3.01. The number of methoxy groups -OCH3 is 1. The summed E-state index contributed by atoms with van der Waals surface area (Å²) in [7, 11) is 1.66. The van der Waals surface area contributed by atoms with Crippen LogP contribution in [0, 0.1) is 0 Å². The first-order valence-electron chi connectivity index (χ1n) is 9.55. The molecule has 3 rings (SSSR count). The summed E-state index contributed by atoms with van der Waals surface area (Å²) < 4.78 is 10.5. The number of allylic oxidation sites excluding steroid dienone is 1. The van der Waals surface area contributed by atoms with E-state index in [1.165, 1.54) is 0 Å². The summed E-state index contributed by atoms with van der Waals surface area (Å²) in [4.78, 5) is 14.7. The fourth-order valence-electron chi connectivity index (χ4n) is 3.62. The number of ether oxygens (including phenoxy) is 2. The SMILES string of the molecule is C=C(c1ccccc1)C1CC(C(=O)OCC)=C(C)N1Cc1ccc(OC)cc1. The van der Waals surface area contributed by atoms with E-state index in [1.807, 2.05) is 44.2 Å². The van der Waals surface area contributed by atoms with Crippen molar-refractivity contribution in [2.75, 3.05) is 13.7 Å². The number of hydrogen-bond donors (Lipinski definition) is 0. The minimum absolute atomic E-state index is 0.0175. The van der Waals surface area contributed by atoms with Crippen LogP contribution in [0.15, 0.2) is 72.4 Å². The lowest BCUT2D eigenvalue weighted by Gasteiger charge is -2.30. The van der Waals surface area contributed by atoms with Crippen molar-refractivity contribution in [3.63, 3.8) is 0 Å². The average Bonchev–Trinajstić information content (AvgIpc) is 3.05. The van der Waals surface area contributed by atoms with Gasteiger partial charge < -0.3 is 14.4 Å². The predicted molar refractivity (Wildman–Crippen MR) is 112 cm³/mol. The number of benzene rings is 2. The number of carbonyl (C=O) groups is 1. The maximum atomic E-state index is 12.5. The summed E-state index contributed by atoms with van der Waals surface area (Å²) in [5, 5.41) is 0. The van der Waals surface area contributed by atoms with Crippen LogP contribution in [-0.4, -0.2) is 30.6 Å². The van der Waals surface area contributed by atoms with E-state index in [0.717, 1.165) is 33.7 Å². The molecule has 0 radical (unpaired) electrons. The second-order valence-corrected chi connectivity index (χ2v) is 6.87. The molecule has 1 atom stereocenters. The molecule has 0 amide bonds. The van der Waals surface area contributed by atoms with Crippen LogP contribution < -0.4 is 4.74 Å². The summed E-state index contributed by atoms with van der Waals surface area (Å²) in [5.74, 6) is 0.595. The first-order valence-corrected chi connectivity index (χ1v) is 9.55. The molecule has 0 aliphatic carbocycles. The molecule has 1 unspecified atom stereocenters. The zero-order chi connectivity index (χ0) is 20.1. The van der Waals surface area contributed by atoms with Crippen molar-refractivity contribution in [1.29, 1.82) is 0 Å². The lowest BCUT2D eigenvalue weighted by Crippen LogP contribution is -2.29. The quantitative estimate of drug-likeness (QED) is 0.649. The molecule has 0 saturated carbocycles. The van der Waals surface area contributed by atoms with Gasteiger partial charge in [-0.3, -0.25) is 0 Å². The molecule has 2 aromatic rings. The highest BCUT2D eigenvalue weighted by Gasteiger charge is 2.35. The van der Waals surface area contributed by atoms with Gasteiger partial charge in [-0.25, -0.2) is 4.79 Å². The van der Waals surface area contributed by atoms with Gasteiger partial charge in [0.25, 0.3) is 0 Å². The minimum atomic E-state index is -0.233. The molecule has 1 heterocycles. The van der Waals surface area contributed by atoms with Gasteiger partial charge in [0.05, 0.1) is 25.3 Å². The summed E-state index contributed by atoms with van der Waals surface area (Å²) in [6.45, 7) is 9.25. The van der Waals surface area contributed by atoms with Crippen molar-refractivity contribution < 1.29 is 14.3 Å². The van der Waals surface area contributed by atoms with E-state index in [4.69, 9.17) is 9.47 Å². The molecule has 0 spiro atoms. The Balaban J connectivity index is 1.91. The van der Waals surface area contributed by atoms with Crippen LogP contribution in [0.1, 0.15) is 31.4 Å². The predicted octanol–water partition coefficient (Wildman–Crippen LogP) is 4.82. The van der Waals surface area contributed by atoms with Crippen LogP contribution in [0.25, 0.3) is 5.57 Å². The highest BCUT2D eigenvalue weighted by atomic mass is 16.5. The van der Waals surface area contributed by atoms with E-state index in [9.17, 15) is 4.79 Å². The van der Waals surface area contributed by atoms with Crippen molar-refractivity contribution >= 4 is 11.5 Å². The summed E-state index contributed by atoms with van der Waals surface area (Å²) in [6.07, 6.45) is 0.606. The Bertz CT molecular complexity index is 868. The fourth-order valence-corrected chi connectivity index (χ4v) is 3.62. The van der Waals surface area contributed by atoms with Gasteiger partial charge >= 0.3 is 5.97 Å². The molecule has 0 bridgehead atoms. The fraction of sp³-hybridized carbons (Fsp3) is 0.292. The molecule has 1 aliphatic heterocycles. The van der Waals surface area contributed by atoms with Crippen LogP contribution in [0.4, 0.5) is 0 Å². The summed E-state index contributed by atoms with van der Waals surface area (Å²) >= 11 is 0. The van der Waals surface area contributed by atoms with Crippen molar-refractivity contribution in [2.24, 2.45) is 0 Å². The normalized spacial score (nSPS) is 16.2. The van der Waals surface area contributed by atoms with Crippen molar-refractivity contribution in [3.8, 4) is 5.75 Å². The smallest absolute Gasteiger partial charge is 0.335 e. The Morgan fingerprint density at radius 2 is 1.82 bits per heavy atom. The Kier molecular flexibility index (Phi) is 6.19. The highest BCUT2D eigenvalue weighted by molar-refractivity contribution is 5.91. The molecular weight excluding hydrogens is 350 g/mol. The molecule has 4 heteroatoms. The molecule has 28 heavy (non-hydrogen) atoms. The molecule has 2 aromatic carbocycles. The van der Waals surface area contributed by atoms with Crippen molar-refractivity contribution in [2.45, 2.75) is 32.9 Å². The van der Waals surface area contributed by atoms with Gasteiger partial charge in [0.15, 0.2) is 0 Å². The Morgan fingerprint density at radius 3 is 2.43 bits per heavy atom. The van der Waals surface area contributed by atoms with Crippen LogP contribution in [-0.2, 0) is 16.1 Å². The highest BCUT2D eigenvalue weighted by Crippen LogP contribution is 2.37. The third kappa shape index (κ3) is 4.11. The lowest BCUT2D eigenvalue weighted by molar-refractivity contribution is -0.138. The second-order valence-electron chi connectivity index (χ2n) is 6.87. The zero-order valence-electron chi connectivity index (χ0n) is 16.8. The van der Waals surface area contributed by atoms with E-state index in [0.29, 0.717) is 19.6 Å².